The predicted octanol–water partition coefficient (Wildman–Crippen LogP) is 3.12. The molecule has 0 spiro atoms. The van der Waals surface area contributed by atoms with Crippen molar-refractivity contribution in [2.45, 2.75) is 57.1 Å². The maximum Gasteiger partial charge on any atom is 0.223 e. The van der Waals surface area contributed by atoms with Gasteiger partial charge < -0.3 is 10.0 Å². The van der Waals surface area contributed by atoms with Crippen LogP contribution >= 0.6 is 0 Å². The molecule has 25 heavy (non-hydrogen) atoms. The molecule has 0 radical (unpaired) electrons. The van der Waals surface area contributed by atoms with Crippen molar-refractivity contribution in [1.29, 1.82) is 0 Å². The van der Waals surface area contributed by atoms with Gasteiger partial charge in [0.15, 0.2) is 0 Å². The normalized spacial score (nSPS) is 23.0. The molecule has 1 aromatic rings. The fourth-order valence-corrected chi connectivity index (χ4v) is 4.08. The van der Waals surface area contributed by atoms with Crippen LogP contribution in [0, 0.1) is 5.82 Å². The molecular formula is C20H29FN2O2. The molecule has 2 atom stereocenters. The Bertz CT molecular complexity index is 557. The van der Waals surface area contributed by atoms with Crippen molar-refractivity contribution >= 4 is 5.91 Å². The molecule has 0 bridgehead atoms. The van der Waals surface area contributed by atoms with Crippen LogP contribution in [0.25, 0.3) is 0 Å². The van der Waals surface area contributed by atoms with E-state index in [1.54, 1.807) is 12.1 Å². The summed E-state index contributed by atoms with van der Waals surface area (Å²) in [6, 6.07) is 6.39. The van der Waals surface area contributed by atoms with Gasteiger partial charge in [-0.2, -0.15) is 0 Å². The molecule has 5 heteroatoms. The van der Waals surface area contributed by atoms with E-state index in [-0.39, 0.29) is 11.7 Å². The van der Waals surface area contributed by atoms with Gasteiger partial charge in [-0.1, -0.05) is 12.1 Å². The number of hydrogen-bond acceptors (Lipinski definition) is 3. The number of hydrogen-bond donors (Lipinski definition) is 1. The maximum atomic E-state index is 13.0. The van der Waals surface area contributed by atoms with Crippen LogP contribution in [0.3, 0.4) is 0 Å². The predicted molar refractivity (Wildman–Crippen MR) is 95.6 cm³/mol. The molecule has 0 aromatic heterocycles. The van der Waals surface area contributed by atoms with E-state index in [2.05, 4.69) is 4.90 Å². The lowest BCUT2D eigenvalue weighted by Gasteiger charge is -2.29. The van der Waals surface area contributed by atoms with Gasteiger partial charge in [-0.05, 0) is 62.8 Å². The van der Waals surface area contributed by atoms with E-state index in [4.69, 9.17) is 0 Å². The Morgan fingerprint density at radius 3 is 2.56 bits per heavy atom. The third-order valence-corrected chi connectivity index (χ3v) is 5.57. The minimum absolute atomic E-state index is 0.268. The topological polar surface area (TPSA) is 43.8 Å². The number of benzene rings is 1. The van der Waals surface area contributed by atoms with Crippen LogP contribution in [0.5, 0.6) is 0 Å². The molecule has 2 saturated heterocycles. The monoisotopic (exact) mass is 348 g/mol. The zero-order valence-corrected chi connectivity index (χ0v) is 14.9. The summed E-state index contributed by atoms with van der Waals surface area (Å²) in [5.74, 6) is -0.0147. The number of nitrogens with zero attached hydrogens (tertiary/aromatic N) is 2. The van der Waals surface area contributed by atoms with Crippen molar-refractivity contribution in [3.05, 3.63) is 35.6 Å². The van der Waals surface area contributed by atoms with Gasteiger partial charge in [-0.15, -0.1) is 0 Å². The number of rotatable bonds is 6. The Labute approximate surface area is 149 Å². The van der Waals surface area contributed by atoms with Crippen molar-refractivity contribution < 1.29 is 14.3 Å². The first-order chi connectivity index (χ1) is 12.1. The van der Waals surface area contributed by atoms with Gasteiger partial charge in [0.05, 0.1) is 6.10 Å². The summed E-state index contributed by atoms with van der Waals surface area (Å²) >= 11 is 0. The summed E-state index contributed by atoms with van der Waals surface area (Å²) in [6.07, 6.45) is 6.29. The summed E-state index contributed by atoms with van der Waals surface area (Å²) in [7, 11) is 0. The van der Waals surface area contributed by atoms with E-state index >= 15 is 0 Å². The van der Waals surface area contributed by atoms with Gasteiger partial charge in [0.25, 0.3) is 0 Å². The van der Waals surface area contributed by atoms with Gasteiger partial charge in [-0.3, -0.25) is 9.69 Å². The minimum Gasteiger partial charge on any atom is -0.388 e. The lowest BCUT2D eigenvalue weighted by molar-refractivity contribution is -0.132. The van der Waals surface area contributed by atoms with Crippen molar-refractivity contribution in [2.75, 3.05) is 26.2 Å². The molecule has 138 valence electrons. The maximum absolute atomic E-state index is 13.0. The summed E-state index contributed by atoms with van der Waals surface area (Å²) in [6.45, 7) is 3.58. The highest BCUT2D eigenvalue weighted by atomic mass is 19.1. The first kappa shape index (κ1) is 18.3. The molecule has 1 N–H and O–H groups in total. The fraction of sp³-hybridized carbons (Fsp3) is 0.650. The quantitative estimate of drug-likeness (QED) is 0.859. The Morgan fingerprint density at radius 2 is 1.84 bits per heavy atom. The van der Waals surface area contributed by atoms with Crippen LogP contribution in [0.4, 0.5) is 4.39 Å². The minimum atomic E-state index is -0.580. The summed E-state index contributed by atoms with van der Waals surface area (Å²) in [5.41, 5.74) is 0.762. The van der Waals surface area contributed by atoms with E-state index < -0.39 is 6.10 Å². The van der Waals surface area contributed by atoms with Gasteiger partial charge in [0.1, 0.15) is 5.82 Å². The van der Waals surface area contributed by atoms with Gasteiger partial charge in [0.2, 0.25) is 5.91 Å². The number of aliphatic hydroxyl groups excluding tert-OH is 1. The molecule has 3 rings (SSSR count). The number of piperidine rings is 1. The second kappa shape index (κ2) is 8.77. The largest absolute Gasteiger partial charge is 0.388 e. The van der Waals surface area contributed by atoms with Gasteiger partial charge >= 0.3 is 0 Å². The Kier molecular flexibility index (Phi) is 6.43. The van der Waals surface area contributed by atoms with E-state index in [9.17, 15) is 14.3 Å². The molecular weight excluding hydrogens is 319 g/mol. The Hall–Kier alpha value is -1.46. The molecule has 2 unspecified atom stereocenters. The molecule has 0 saturated carbocycles. The van der Waals surface area contributed by atoms with Crippen molar-refractivity contribution in [1.82, 2.24) is 9.80 Å². The third kappa shape index (κ3) is 5.02. The number of likely N-dealkylation sites (tertiary alicyclic amines) is 2. The second-order valence-electron chi connectivity index (χ2n) is 7.33. The Morgan fingerprint density at radius 1 is 1.12 bits per heavy atom. The highest BCUT2D eigenvalue weighted by Gasteiger charge is 2.28. The second-order valence-corrected chi connectivity index (χ2v) is 7.33. The molecule has 1 aromatic carbocycles. The van der Waals surface area contributed by atoms with Crippen LogP contribution in [0.15, 0.2) is 24.3 Å². The number of halogens is 1. The Balaban J connectivity index is 1.48. The van der Waals surface area contributed by atoms with E-state index in [0.29, 0.717) is 18.9 Å². The highest BCUT2D eigenvalue weighted by Crippen LogP contribution is 2.27. The smallest absolute Gasteiger partial charge is 0.223 e. The molecule has 2 aliphatic heterocycles. The van der Waals surface area contributed by atoms with Crippen molar-refractivity contribution in [2.24, 2.45) is 0 Å². The number of carbonyl (C=O) groups excluding carboxylic acids is 1. The van der Waals surface area contributed by atoms with E-state index in [1.807, 2.05) is 4.90 Å². The molecule has 0 aliphatic carbocycles. The van der Waals surface area contributed by atoms with Gasteiger partial charge in [-0.25, -0.2) is 4.39 Å². The van der Waals surface area contributed by atoms with Crippen molar-refractivity contribution in [3.63, 3.8) is 0 Å². The van der Waals surface area contributed by atoms with Gasteiger partial charge in [0, 0.05) is 32.1 Å². The van der Waals surface area contributed by atoms with Crippen LogP contribution in [-0.2, 0) is 4.79 Å². The summed E-state index contributed by atoms with van der Waals surface area (Å²) in [4.78, 5) is 16.7. The zero-order chi connectivity index (χ0) is 17.6. The van der Waals surface area contributed by atoms with E-state index in [1.165, 1.54) is 18.6 Å². The molecule has 2 aliphatic rings. The average molecular weight is 348 g/mol. The van der Waals surface area contributed by atoms with Crippen LogP contribution in [-0.4, -0.2) is 53.0 Å². The highest BCUT2D eigenvalue weighted by molar-refractivity contribution is 5.76. The van der Waals surface area contributed by atoms with E-state index in [0.717, 1.165) is 57.4 Å². The molecule has 2 fully saturated rings. The number of aliphatic hydroxyl groups is 1. The molecule has 1 amide bonds. The third-order valence-electron chi connectivity index (χ3n) is 5.57. The SMILES string of the molecule is O=C(CCN1CCCC1CC(O)c1ccc(F)cc1)N1CCCCC1. The number of carbonyl (C=O) groups is 1. The summed E-state index contributed by atoms with van der Waals surface area (Å²) < 4.78 is 13.0. The zero-order valence-electron chi connectivity index (χ0n) is 14.9. The summed E-state index contributed by atoms with van der Waals surface area (Å²) in [5, 5.41) is 10.4. The first-order valence-electron chi connectivity index (χ1n) is 9.59. The first-order valence-corrected chi connectivity index (χ1v) is 9.59. The van der Waals surface area contributed by atoms with Crippen LogP contribution < -0.4 is 0 Å². The molecule has 4 nitrogen and oxygen atoms in total. The van der Waals surface area contributed by atoms with Crippen LogP contribution in [0.1, 0.15) is 56.6 Å². The fourth-order valence-electron chi connectivity index (χ4n) is 4.08. The lowest BCUT2D eigenvalue weighted by atomic mass is 10.0. The lowest BCUT2D eigenvalue weighted by Crippen LogP contribution is -2.39. The number of amides is 1. The standard InChI is InChI=1S/C20H29FN2O2/c21-17-8-6-16(7-9-17)19(24)15-18-5-4-13-22(18)14-10-20(25)23-11-2-1-3-12-23/h6-9,18-19,24H,1-5,10-15H2. The molecule has 2 heterocycles. The van der Waals surface area contributed by atoms with Crippen molar-refractivity contribution in [3.8, 4) is 0 Å². The average Bonchev–Trinajstić information content (AvgIpc) is 3.08. The van der Waals surface area contributed by atoms with Crippen LogP contribution in [0.2, 0.25) is 0 Å².